The van der Waals surface area contributed by atoms with Gasteiger partial charge in [-0.3, -0.25) is 4.79 Å². The molecular weight excluding hydrogens is 370 g/mol. The van der Waals surface area contributed by atoms with E-state index in [4.69, 9.17) is 13.6 Å². The maximum Gasteiger partial charge on any atom is 0.336 e. The predicted molar refractivity (Wildman–Crippen MR) is 98.7 cm³/mol. The highest BCUT2D eigenvalue weighted by molar-refractivity contribution is 7.99. The number of phenolic OH excluding ortho intramolecular Hbond substituents is 1. The van der Waals surface area contributed by atoms with Crippen LogP contribution in [0.3, 0.4) is 0 Å². The number of rotatable bonds is 5. The van der Waals surface area contributed by atoms with Crippen LogP contribution in [0.5, 0.6) is 5.75 Å². The number of phenols is 1. The van der Waals surface area contributed by atoms with E-state index in [2.05, 4.69) is 4.98 Å². The van der Waals surface area contributed by atoms with E-state index >= 15 is 0 Å². The van der Waals surface area contributed by atoms with Gasteiger partial charge in [0.25, 0.3) is 5.22 Å². The van der Waals surface area contributed by atoms with Crippen LogP contribution in [0.1, 0.15) is 5.56 Å². The van der Waals surface area contributed by atoms with Crippen molar-refractivity contribution >= 4 is 39.8 Å². The van der Waals surface area contributed by atoms with Gasteiger partial charge in [-0.25, -0.2) is 9.78 Å². The minimum absolute atomic E-state index is 0.0190. The molecule has 0 amide bonds. The number of carbonyl (C=O) groups excluding carboxylic acids is 1. The molecule has 0 spiro atoms. The highest BCUT2D eigenvalue weighted by Gasteiger charge is 2.12. The first-order valence-electron chi connectivity index (χ1n) is 7.98. The lowest BCUT2D eigenvalue weighted by Crippen LogP contribution is -2.09. The van der Waals surface area contributed by atoms with Crippen molar-refractivity contribution in [1.82, 2.24) is 4.98 Å². The third kappa shape index (κ3) is 3.80. The molecule has 4 aromatic rings. The molecule has 0 bridgehead atoms. The molecule has 7 nitrogen and oxygen atoms in total. The number of oxazole rings is 1. The van der Waals surface area contributed by atoms with Crippen molar-refractivity contribution < 1.29 is 23.5 Å². The summed E-state index contributed by atoms with van der Waals surface area (Å²) in [5.74, 6) is -0.468. The fourth-order valence-electron chi connectivity index (χ4n) is 2.57. The number of fused-ring (bicyclic) bond motifs is 2. The van der Waals surface area contributed by atoms with E-state index in [0.29, 0.717) is 21.8 Å². The van der Waals surface area contributed by atoms with Crippen LogP contribution in [-0.4, -0.2) is 21.8 Å². The van der Waals surface area contributed by atoms with E-state index < -0.39 is 11.6 Å². The average molecular weight is 383 g/mol. The molecule has 2 aromatic heterocycles. The van der Waals surface area contributed by atoms with Crippen LogP contribution in [-0.2, 0) is 16.1 Å². The van der Waals surface area contributed by atoms with E-state index in [1.54, 1.807) is 12.1 Å². The van der Waals surface area contributed by atoms with Gasteiger partial charge in [0.2, 0.25) is 0 Å². The molecule has 136 valence electrons. The molecule has 0 fully saturated rings. The molecule has 4 rings (SSSR count). The number of thioether (sulfide) groups is 1. The molecule has 0 aliphatic carbocycles. The molecule has 1 N–H and O–H groups in total. The van der Waals surface area contributed by atoms with Crippen molar-refractivity contribution in [2.45, 2.75) is 11.8 Å². The van der Waals surface area contributed by atoms with Crippen molar-refractivity contribution in [2.75, 3.05) is 5.75 Å². The first-order valence-corrected chi connectivity index (χ1v) is 8.97. The number of ether oxygens (including phenoxy) is 1. The van der Waals surface area contributed by atoms with E-state index in [1.165, 1.54) is 18.2 Å². The zero-order chi connectivity index (χ0) is 18.8. The van der Waals surface area contributed by atoms with Crippen molar-refractivity contribution in [3.05, 3.63) is 64.5 Å². The van der Waals surface area contributed by atoms with Gasteiger partial charge in [-0.15, -0.1) is 0 Å². The maximum atomic E-state index is 12.0. The van der Waals surface area contributed by atoms with Gasteiger partial charge < -0.3 is 18.7 Å². The van der Waals surface area contributed by atoms with E-state index in [9.17, 15) is 14.7 Å². The summed E-state index contributed by atoms with van der Waals surface area (Å²) in [5.41, 5.74) is 1.52. The average Bonchev–Trinajstić information content (AvgIpc) is 3.07. The van der Waals surface area contributed by atoms with Crippen LogP contribution in [0.2, 0.25) is 0 Å². The summed E-state index contributed by atoms with van der Waals surface area (Å²) in [6.45, 7) is -0.0835. The Hall–Kier alpha value is -3.26. The summed E-state index contributed by atoms with van der Waals surface area (Å²) in [6.07, 6.45) is 0. The summed E-state index contributed by atoms with van der Waals surface area (Å²) in [5, 5.41) is 10.5. The zero-order valence-corrected chi connectivity index (χ0v) is 14.7. The molecule has 0 aliphatic rings. The van der Waals surface area contributed by atoms with Gasteiger partial charge in [-0.05, 0) is 24.3 Å². The Morgan fingerprint density at radius 3 is 2.81 bits per heavy atom. The second kappa shape index (κ2) is 7.16. The van der Waals surface area contributed by atoms with Crippen LogP contribution >= 0.6 is 11.8 Å². The van der Waals surface area contributed by atoms with Crippen molar-refractivity contribution in [2.24, 2.45) is 0 Å². The molecule has 8 heteroatoms. The molecule has 0 saturated carbocycles. The second-order valence-electron chi connectivity index (χ2n) is 5.67. The topological polar surface area (TPSA) is 103 Å². The summed E-state index contributed by atoms with van der Waals surface area (Å²) < 4.78 is 15.8. The lowest BCUT2D eigenvalue weighted by atomic mass is 10.1. The number of nitrogens with zero attached hydrogens (tertiary/aromatic N) is 1. The van der Waals surface area contributed by atoms with Gasteiger partial charge in [0, 0.05) is 23.1 Å². The molecule has 0 radical (unpaired) electrons. The van der Waals surface area contributed by atoms with Gasteiger partial charge in [-0.2, -0.15) is 0 Å². The van der Waals surface area contributed by atoms with E-state index in [0.717, 1.165) is 17.3 Å². The summed E-state index contributed by atoms with van der Waals surface area (Å²) in [6, 6.07) is 13.0. The van der Waals surface area contributed by atoms with Crippen molar-refractivity contribution in [3.63, 3.8) is 0 Å². The largest absolute Gasteiger partial charge is 0.508 e. The SMILES string of the molecule is O=C(CSc1nc2ccccc2o1)OCc1cc(=O)oc2cc(O)ccc12. The number of aromatic nitrogens is 1. The van der Waals surface area contributed by atoms with Crippen LogP contribution in [0.4, 0.5) is 0 Å². The lowest BCUT2D eigenvalue weighted by Gasteiger charge is -2.07. The standard InChI is InChI=1S/C19H13NO6S/c21-12-5-6-13-11(7-17(22)25-16(13)8-12)9-24-18(23)10-27-19-20-14-3-1-2-4-15(14)26-19/h1-8,21H,9-10H2. The summed E-state index contributed by atoms with van der Waals surface area (Å²) in [7, 11) is 0. The van der Waals surface area contributed by atoms with Crippen molar-refractivity contribution in [3.8, 4) is 5.75 Å². The van der Waals surface area contributed by atoms with E-state index in [-0.39, 0.29) is 23.7 Å². The zero-order valence-electron chi connectivity index (χ0n) is 13.9. The van der Waals surface area contributed by atoms with E-state index in [1.807, 2.05) is 18.2 Å². The predicted octanol–water partition coefficient (Wildman–Crippen LogP) is 3.48. The smallest absolute Gasteiger partial charge is 0.336 e. The number of benzene rings is 2. The third-order valence-corrected chi connectivity index (χ3v) is 4.59. The van der Waals surface area contributed by atoms with Gasteiger partial charge in [0.1, 0.15) is 29.2 Å². The van der Waals surface area contributed by atoms with Gasteiger partial charge >= 0.3 is 11.6 Å². The lowest BCUT2D eigenvalue weighted by molar-refractivity contribution is -0.141. The Kier molecular flexibility index (Phi) is 4.55. The molecule has 0 aliphatic heterocycles. The Morgan fingerprint density at radius 2 is 1.96 bits per heavy atom. The Balaban J connectivity index is 1.42. The molecule has 0 unspecified atom stereocenters. The second-order valence-corrected chi connectivity index (χ2v) is 6.59. The first-order chi connectivity index (χ1) is 13.1. The Labute approximate surface area is 156 Å². The number of aromatic hydroxyl groups is 1. The highest BCUT2D eigenvalue weighted by atomic mass is 32.2. The van der Waals surface area contributed by atoms with Crippen LogP contribution < -0.4 is 5.63 Å². The summed E-state index contributed by atoms with van der Waals surface area (Å²) >= 11 is 1.13. The number of carbonyl (C=O) groups is 1. The van der Waals surface area contributed by atoms with Gasteiger partial charge in [0.05, 0.1) is 0 Å². The monoisotopic (exact) mass is 383 g/mol. The van der Waals surface area contributed by atoms with Crippen LogP contribution in [0.25, 0.3) is 22.1 Å². The summed E-state index contributed by atoms with van der Waals surface area (Å²) in [4.78, 5) is 27.9. The van der Waals surface area contributed by atoms with Gasteiger partial charge in [0.15, 0.2) is 5.58 Å². The number of hydrogen-bond donors (Lipinski definition) is 1. The first kappa shape index (κ1) is 17.2. The number of hydrogen-bond acceptors (Lipinski definition) is 8. The fourth-order valence-corrected chi connectivity index (χ4v) is 3.21. The quantitative estimate of drug-likeness (QED) is 0.317. The third-order valence-electron chi connectivity index (χ3n) is 3.79. The molecular formula is C19H13NO6S. The fraction of sp³-hybridized carbons (Fsp3) is 0.105. The number of para-hydroxylation sites is 2. The highest BCUT2D eigenvalue weighted by Crippen LogP contribution is 2.24. The normalized spacial score (nSPS) is 11.1. The molecule has 0 saturated heterocycles. The van der Waals surface area contributed by atoms with Gasteiger partial charge in [-0.1, -0.05) is 23.9 Å². The molecule has 0 atom stereocenters. The van der Waals surface area contributed by atoms with Crippen LogP contribution in [0, 0.1) is 0 Å². The molecule has 2 heterocycles. The minimum Gasteiger partial charge on any atom is -0.508 e. The maximum absolute atomic E-state index is 12.0. The van der Waals surface area contributed by atoms with Crippen molar-refractivity contribution in [1.29, 1.82) is 0 Å². The molecule has 2 aromatic carbocycles. The Bertz CT molecular complexity index is 1160. The van der Waals surface area contributed by atoms with Crippen LogP contribution in [0.15, 0.2) is 67.4 Å². The number of esters is 1. The molecule has 27 heavy (non-hydrogen) atoms. The minimum atomic E-state index is -0.583. The Morgan fingerprint density at radius 1 is 1.11 bits per heavy atom.